The normalized spacial score (nSPS) is 18.4. The Morgan fingerprint density at radius 3 is 1.49 bits per heavy atom. The average Bonchev–Trinajstić information content (AvgIpc) is 2.86. The van der Waals surface area contributed by atoms with Crippen molar-refractivity contribution in [1.29, 1.82) is 0 Å². The van der Waals surface area contributed by atoms with Crippen LogP contribution in [0.5, 0.6) is 0 Å². The number of nitrogens with zero attached hydrogens (tertiary/aromatic N) is 10. The second kappa shape index (κ2) is 27.0. The first-order valence-corrected chi connectivity index (χ1v) is 26.5. The van der Waals surface area contributed by atoms with Crippen molar-refractivity contribution >= 4 is 94.7 Å². The Hall–Kier alpha value is -6.59. The highest BCUT2D eigenvalue weighted by Gasteiger charge is 2.44. The van der Waals surface area contributed by atoms with Crippen molar-refractivity contribution in [1.82, 2.24) is 39.0 Å². The van der Waals surface area contributed by atoms with Crippen molar-refractivity contribution in [3.8, 4) is 11.4 Å². The number of anilines is 3. The molecular weight excluding hydrogens is 1070 g/mol. The molecule has 4 aliphatic rings. The van der Waals surface area contributed by atoms with Crippen LogP contribution in [0.3, 0.4) is 0 Å². The summed E-state index contributed by atoms with van der Waals surface area (Å²) in [4.78, 5) is 51.9. The molecule has 3 N–H and O–H groups in total. The van der Waals surface area contributed by atoms with Crippen LogP contribution in [0.4, 0.5) is 57.9 Å². The lowest BCUT2D eigenvalue weighted by molar-refractivity contribution is -0.138. The van der Waals surface area contributed by atoms with Crippen LogP contribution in [0, 0.1) is 17.9 Å². The predicted molar refractivity (Wildman–Crippen MR) is 313 cm³/mol. The van der Waals surface area contributed by atoms with Crippen molar-refractivity contribution in [3.63, 3.8) is 0 Å². The zero-order valence-electron chi connectivity index (χ0n) is 46.4. The molecule has 2 unspecified atom stereocenters. The van der Waals surface area contributed by atoms with Gasteiger partial charge in [0.05, 0.1) is 53.3 Å². The largest absolute Gasteiger partial charge is 0.444 e. The third kappa shape index (κ3) is 14.9. The fourth-order valence-corrected chi connectivity index (χ4v) is 10.5. The van der Waals surface area contributed by atoms with Crippen LogP contribution in [0.25, 0.3) is 11.4 Å². The topological polar surface area (TPSA) is 184 Å². The van der Waals surface area contributed by atoms with Gasteiger partial charge in [-0.3, -0.25) is 9.80 Å². The van der Waals surface area contributed by atoms with Gasteiger partial charge in [0.25, 0.3) is 0 Å². The zero-order chi connectivity index (χ0) is 60.3. The SMILES string of the molecule is C.CC(C)[C@H]1C(C)OC(=O)N1c1ccnc(F)n1.CC(C)[C@H]1C(C)OC(=O)N1c1ccnc(N[C@@H](C)c2ncn3c2CCc2cc(C(F)(F)F)ccc2-3)n1.C[C@H](N)c1ncn2c1CCc1cc(C(F)(F)F)ccc1-2.[B][B]B(B([B])[B])B([B])[B]. The molecule has 423 valence electrons. The zero-order valence-corrected chi connectivity index (χ0v) is 46.4. The number of nitrogens with two attached hydrogens (primary N) is 1. The molecule has 2 amide bonds. The van der Waals surface area contributed by atoms with Gasteiger partial charge in [0, 0.05) is 106 Å². The number of rotatable bonds is 11. The predicted octanol–water partition coefficient (Wildman–Crippen LogP) is 7.53. The summed E-state index contributed by atoms with van der Waals surface area (Å²) in [5, 5.41) is 3.26. The Balaban J connectivity index is 0.000000199. The first-order chi connectivity index (χ1) is 38.5. The van der Waals surface area contributed by atoms with E-state index in [1.807, 2.05) is 64.5 Å². The van der Waals surface area contributed by atoms with Gasteiger partial charge in [0.2, 0.25) is 5.95 Å². The van der Waals surface area contributed by atoms with Crippen LogP contribution in [0.1, 0.15) is 120 Å². The molecule has 2 aromatic carbocycles. The number of imidazole rings is 2. The van der Waals surface area contributed by atoms with E-state index in [0.29, 0.717) is 54.3 Å². The van der Waals surface area contributed by atoms with E-state index in [0.717, 1.165) is 40.6 Å². The lowest BCUT2D eigenvalue weighted by atomic mass is 8.64. The van der Waals surface area contributed by atoms with Gasteiger partial charge in [-0.2, -0.15) is 40.7 Å². The second-order valence-electron chi connectivity index (χ2n) is 21.0. The number of aromatic nitrogens is 8. The standard InChI is InChI=1S/C25H27F3N6O2.C14H14F3N3.C11H14FN3O2.CH4.B9/c1-13(2)22-15(4)36-24(35)34(22)20-9-10-29-23(32-20)31-14(3)21-19-7-5-16-11-17(25(26,27)28)6-8-18(16)33(19)12-30-21;1-8(18)13-12-4-2-9-6-10(14(15,16)17)3-5-11(9)20(12)7-19-13;1-6(2)9-7(3)17-11(16)15(9)8-4-5-13-10(12)14-8;;1-6-9(7(2)3)8(4)5/h6,8-15,22H,5,7H2,1-4H3,(H,29,31,32);3,5-8H,2,4,18H2,1H3;4-7,9H,1-3H3;1H4;/t14-,15?,22-;8-;7?,9-;;/m000../s1. The van der Waals surface area contributed by atoms with Gasteiger partial charge in [-0.1, -0.05) is 35.1 Å². The van der Waals surface area contributed by atoms with E-state index in [4.69, 9.17) is 53.9 Å². The number of ether oxygens (including phenoxy) is 2. The van der Waals surface area contributed by atoms with Gasteiger partial charge in [-0.15, -0.1) is 0 Å². The summed E-state index contributed by atoms with van der Waals surface area (Å²) in [5.74, 6) is 1.39. The van der Waals surface area contributed by atoms with Gasteiger partial charge < -0.3 is 29.7 Å². The monoisotopic (exact) mass is 1140 g/mol. The molecule has 32 heteroatoms. The third-order valence-corrected chi connectivity index (χ3v) is 14.3. The lowest BCUT2D eigenvalue weighted by Crippen LogP contribution is -2.55. The number of aryl methyl sites for hydroxylation is 2. The Labute approximate surface area is 487 Å². The smallest absolute Gasteiger partial charge is 0.416 e. The number of hydrogen-bond acceptors (Lipinski definition) is 12. The van der Waals surface area contributed by atoms with Crippen LogP contribution < -0.4 is 20.9 Å². The second-order valence-corrected chi connectivity index (χ2v) is 21.0. The van der Waals surface area contributed by atoms with Crippen LogP contribution in [-0.2, 0) is 47.5 Å². The van der Waals surface area contributed by atoms with Crippen molar-refractivity contribution < 1.29 is 49.8 Å². The third-order valence-electron chi connectivity index (χ3n) is 14.3. The highest BCUT2D eigenvalue weighted by Crippen LogP contribution is 2.38. The van der Waals surface area contributed by atoms with Crippen molar-refractivity contribution in [3.05, 3.63) is 125 Å². The van der Waals surface area contributed by atoms with Crippen molar-refractivity contribution in [2.24, 2.45) is 17.6 Å². The number of benzene rings is 2. The van der Waals surface area contributed by atoms with Crippen LogP contribution in [0.15, 0.2) is 73.6 Å². The average molecular weight is 1130 g/mol. The molecule has 11 radical (unpaired) electrons. The molecule has 6 aromatic rings. The molecule has 2 saturated heterocycles. The molecule has 10 rings (SSSR count). The minimum Gasteiger partial charge on any atom is -0.444 e. The first kappa shape index (κ1) is 65.6. The minimum absolute atomic E-state index is 0. The number of carbonyl (C=O) groups is 2. The van der Waals surface area contributed by atoms with E-state index in [1.54, 1.807) is 29.8 Å². The highest BCUT2D eigenvalue weighted by molar-refractivity contribution is 7.93. The molecule has 0 saturated carbocycles. The fraction of sp³-hybridized carbons (Fsp3) is 0.451. The molecule has 6 atom stereocenters. The number of halogens is 7. The number of cyclic esters (lactones) is 2. The molecule has 16 nitrogen and oxygen atoms in total. The maximum Gasteiger partial charge on any atom is 0.416 e. The maximum atomic E-state index is 13.1. The Morgan fingerprint density at radius 2 is 1.10 bits per heavy atom. The molecule has 83 heavy (non-hydrogen) atoms. The summed E-state index contributed by atoms with van der Waals surface area (Å²) in [6, 6.07) is 10.1. The van der Waals surface area contributed by atoms with Crippen LogP contribution in [0.2, 0.25) is 0 Å². The van der Waals surface area contributed by atoms with E-state index < -0.39 is 54.5 Å². The maximum absolute atomic E-state index is 13.1. The van der Waals surface area contributed by atoms with Crippen LogP contribution in [-0.4, -0.2) is 140 Å². The van der Waals surface area contributed by atoms with E-state index in [9.17, 15) is 40.3 Å². The molecule has 0 spiro atoms. The summed E-state index contributed by atoms with van der Waals surface area (Å²) in [7, 11) is 27.5. The van der Waals surface area contributed by atoms with Crippen LogP contribution >= 0.6 is 0 Å². The number of amides is 2. The first-order valence-electron chi connectivity index (χ1n) is 26.5. The molecule has 4 aliphatic heterocycles. The molecule has 2 fully saturated rings. The Morgan fingerprint density at radius 1 is 0.663 bits per heavy atom. The number of carbonyl (C=O) groups excluding carboxylic acids is 2. The Kier molecular flexibility index (Phi) is 21.3. The molecule has 0 bridgehead atoms. The lowest BCUT2D eigenvalue weighted by Gasteiger charge is -2.26. The summed E-state index contributed by atoms with van der Waals surface area (Å²) in [5.41, 5.74) is 10.9. The van der Waals surface area contributed by atoms with Gasteiger partial charge in [0.1, 0.15) is 23.8 Å². The van der Waals surface area contributed by atoms with E-state index in [2.05, 4.69) is 35.2 Å². The Bertz CT molecular complexity index is 3200. The molecule has 8 heterocycles. The van der Waals surface area contributed by atoms with E-state index in [-0.39, 0.29) is 67.8 Å². The minimum atomic E-state index is -4.37. The molecule has 0 aliphatic carbocycles. The van der Waals surface area contributed by atoms with E-state index >= 15 is 0 Å². The highest BCUT2D eigenvalue weighted by atomic mass is 19.4. The fourth-order valence-electron chi connectivity index (χ4n) is 10.5. The van der Waals surface area contributed by atoms with E-state index in [1.165, 1.54) is 48.5 Å². The van der Waals surface area contributed by atoms with Gasteiger partial charge in [-0.05, 0) is 125 Å². The van der Waals surface area contributed by atoms with Gasteiger partial charge >= 0.3 is 30.6 Å². The number of fused-ring (bicyclic) bond motifs is 6. The van der Waals surface area contributed by atoms with Gasteiger partial charge in [-0.25, -0.2) is 29.5 Å². The number of nitrogens with one attached hydrogen (secondary N) is 1. The summed E-state index contributed by atoms with van der Waals surface area (Å²) in [6.45, 7) is 15.5. The summed E-state index contributed by atoms with van der Waals surface area (Å²) < 4.78 is 105. The van der Waals surface area contributed by atoms with Crippen molar-refractivity contribution in [2.75, 3.05) is 15.1 Å². The van der Waals surface area contributed by atoms with Crippen molar-refractivity contribution in [2.45, 2.75) is 137 Å². The molecular formula is C51H59B9F7N12O4. The molecule has 4 aromatic heterocycles. The number of hydrogen-bond donors (Lipinski definition) is 2. The van der Waals surface area contributed by atoms with Gasteiger partial charge in [0.15, 0.2) is 0 Å². The number of alkyl halides is 6. The summed E-state index contributed by atoms with van der Waals surface area (Å²) in [6.07, 6.45) is -3.98. The summed E-state index contributed by atoms with van der Waals surface area (Å²) >= 11 is 0. The quantitative estimate of drug-likeness (QED) is 0.0740.